The van der Waals surface area contributed by atoms with E-state index in [0.717, 1.165) is 47.7 Å². The number of aryl methyl sites for hydroxylation is 1. The highest BCUT2D eigenvalue weighted by Gasteiger charge is 2.25. The van der Waals surface area contributed by atoms with Gasteiger partial charge in [0.2, 0.25) is 0 Å². The molecule has 1 saturated heterocycles. The normalized spacial score (nSPS) is 19.3. The molecule has 0 spiro atoms. The summed E-state index contributed by atoms with van der Waals surface area (Å²) in [6, 6.07) is 8.00. The third-order valence-electron chi connectivity index (χ3n) is 3.88. The van der Waals surface area contributed by atoms with E-state index in [4.69, 9.17) is 9.15 Å². The fraction of sp³-hybridized carbons (Fsp3) is 0.375. The van der Waals surface area contributed by atoms with Crippen LogP contribution in [-0.2, 0) is 11.3 Å². The lowest BCUT2D eigenvalue weighted by Gasteiger charge is -2.31. The summed E-state index contributed by atoms with van der Waals surface area (Å²) in [6.45, 7) is 5.05. The molecule has 0 saturated carbocycles. The Morgan fingerprint density at radius 3 is 3.13 bits per heavy atom. The molecule has 3 aromatic rings. The predicted molar refractivity (Wildman–Crippen MR) is 87.1 cm³/mol. The fourth-order valence-corrected chi connectivity index (χ4v) is 3.40. The first-order chi connectivity index (χ1) is 11.3. The molecule has 0 bridgehead atoms. The molecule has 120 valence electrons. The molecular formula is C16H18N4O2S. The van der Waals surface area contributed by atoms with Crippen molar-refractivity contribution in [3.05, 3.63) is 47.0 Å². The Balaban J connectivity index is 1.42. The fourth-order valence-electron chi connectivity index (χ4n) is 2.74. The Morgan fingerprint density at radius 1 is 1.39 bits per heavy atom. The summed E-state index contributed by atoms with van der Waals surface area (Å²) in [6.07, 6.45) is -0.0165. The van der Waals surface area contributed by atoms with Crippen molar-refractivity contribution in [1.82, 2.24) is 20.1 Å². The predicted octanol–water partition coefficient (Wildman–Crippen LogP) is 3.01. The quantitative estimate of drug-likeness (QED) is 0.796. The molecule has 0 aromatic carbocycles. The second kappa shape index (κ2) is 6.27. The molecular weight excluding hydrogens is 312 g/mol. The number of furan rings is 1. The van der Waals surface area contributed by atoms with Gasteiger partial charge in [0.05, 0.1) is 18.0 Å². The Bertz CT molecular complexity index is 765. The number of aromatic amines is 1. The van der Waals surface area contributed by atoms with E-state index in [1.165, 1.54) is 0 Å². The summed E-state index contributed by atoms with van der Waals surface area (Å²) in [4.78, 5) is 7.98. The third-order valence-corrected chi connectivity index (χ3v) is 4.74. The molecule has 7 heteroatoms. The van der Waals surface area contributed by atoms with Crippen molar-refractivity contribution in [2.75, 3.05) is 19.7 Å². The monoisotopic (exact) mass is 330 g/mol. The summed E-state index contributed by atoms with van der Waals surface area (Å²) in [5.74, 6) is 3.45. The van der Waals surface area contributed by atoms with Crippen molar-refractivity contribution in [3.63, 3.8) is 0 Å². The minimum absolute atomic E-state index is 0.0165. The molecule has 1 N–H and O–H groups in total. The van der Waals surface area contributed by atoms with Crippen molar-refractivity contribution in [2.45, 2.75) is 19.6 Å². The topological polar surface area (TPSA) is 67.2 Å². The molecule has 23 heavy (non-hydrogen) atoms. The lowest BCUT2D eigenvalue weighted by atomic mass is 10.2. The maximum Gasteiger partial charge on any atom is 0.191 e. The van der Waals surface area contributed by atoms with Crippen LogP contribution < -0.4 is 0 Å². The maximum atomic E-state index is 5.83. The largest absolute Gasteiger partial charge is 0.464 e. The highest BCUT2D eigenvalue weighted by Crippen LogP contribution is 2.25. The van der Waals surface area contributed by atoms with Crippen LogP contribution in [0, 0.1) is 6.92 Å². The van der Waals surface area contributed by atoms with Gasteiger partial charge in [0.15, 0.2) is 5.82 Å². The van der Waals surface area contributed by atoms with Crippen molar-refractivity contribution < 1.29 is 9.15 Å². The highest BCUT2D eigenvalue weighted by atomic mass is 32.1. The first-order valence-corrected chi connectivity index (χ1v) is 8.51. The van der Waals surface area contributed by atoms with Gasteiger partial charge in [0, 0.05) is 13.1 Å². The van der Waals surface area contributed by atoms with Crippen LogP contribution in [-0.4, -0.2) is 39.8 Å². The summed E-state index contributed by atoms with van der Waals surface area (Å²) >= 11 is 1.64. The van der Waals surface area contributed by atoms with Crippen LogP contribution in [0.2, 0.25) is 0 Å². The van der Waals surface area contributed by atoms with Gasteiger partial charge in [-0.3, -0.25) is 10.00 Å². The number of H-pyrrole nitrogens is 1. The van der Waals surface area contributed by atoms with Gasteiger partial charge in [-0.15, -0.1) is 11.3 Å². The van der Waals surface area contributed by atoms with Gasteiger partial charge < -0.3 is 9.15 Å². The molecule has 1 atom stereocenters. The van der Waals surface area contributed by atoms with E-state index < -0.39 is 0 Å². The first-order valence-electron chi connectivity index (χ1n) is 7.63. The molecule has 0 amide bonds. The summed E-state index contributed by atoms with van der Waals surface area (Å²) < 4.78 is 11.5. The zero-order valence-corrected chi connectivity index (χ0v) is 13.7. The SMILES string of the molecule is Cc1ccc([C@H]2CN(Cc3nc(-c4cccs4)n[nH]3)CCO2)o1. The number of hydrogen-bond donors (Lipinski definition) is 1. The van der Waals surface area contributed by atoms with Gasteiger partial charge in [-0.25, -0.2) is 4.98 Å². The lowest BCUT2D eigenvalue weighted by molar-refractivity contribution is -0.0437. The molecule has 1 aliphatic rings. The molecule has 4 heterocycles. The number of hydrogen-bond acceptors (Lipinski definition) is 6. The standard InChI is InChI=1S/C16H18N4O2S/c1-11-4-5-12(22-11)13-9-20(6-7-21-13)10-15-17-16(19-18-15)14-3-2-8-23-14/h2-5,8,13H,6-7,9-10H2,1H3,(H,17,18,19)/t13-/m1/s1. The molecule has 0 radical (unpaired) electrons. The maximum absolute atomic E-state index is 5.83. The average Bonchev–Trinajstić information content (AvgIpc) is 3.28. The summed E-state index contributed by atoms with van der Waals surface area (Å²) in [5.41, 5.74) is 0. The van der Waals surface area contributed by atoms with Gasteiger partial charge in [0.1, 0.15) is 23.4 Å². The van der Waals surface area contributed by atoms with E-state index in [9.17, 15) is 0 Å². The molecule has 0 unspecified atom stereocenters. The van der Waals surface area contributed by atoms with Gasteiger partial charge in [-0.1, -0.05) is 6.07 Å². The van der Waals surface area contributed by atoms with Crippen molar-refractivity contribution >= 4 is 11.3 Å². The minimum Gasteiger partial charge on any atom is -0.464 e. The Labute approximate surface area is 138 Å². The van der Waals surface area contributed by atoms with Crippen LogP contribution in [0.5, 0.6) is 0 Å². The van der Waals surface area contributed by atoms with Crippen molar-refractivity contribution in [2.24, 2.45) is 0 Å². The molecule has 3 aromatic heterocycles. The van der Waals surface area contributed by atoms with Crippen LogP contribution in [0.3, 0.4) is 0 Å². The number of nitrogens with one attached hydrogen (secondary N) is 1. The Kier molecular flexibility index (Phi) is 3.99. The number of nitrogens with zero attached hydrogens (tertiary/aromatic N) is 3. The van der Waals surface area contributed by atoms with E-state index in [1.807, 2.05) is 36.6 Å². The van der Waals surface area contributed by atoms with E-state index in [-0.39, 0.29) is 6.10 Å². The van der Waals surface area contributed by atoms with Crippen molar-refractivity contribution in [3.8, 4) is 10.7 Å². The van der Waals surface area contributed by atoms with Crippen LogP contribution in [0.1, 0.15) is 23.4 Å². The molecule has 1 fully saturated rings. The number of aromatic nitrogens is 3. The second-order valence-electron chi connectivity index (χ2n) is 5.63. The third kappa shape index (κ3) is 3.21. The zero-order chi connectivity index (χ0) is 15.6. The highest BCUT2D eigenvalue weighted by molar-refractivity contribution is 7.13. The van der Waals surface area contributed by atoms with Gasteiger partial charge in [-0.05, 0) is 30.5 Å². The summed E-state index contributed by atoms with van der Waals surface area (Å²) in [7, 11) is 0. The molecule has 4 rings (SSSR count). The average molecular weight is 330 g/mol. The van der Waals surface area contributed by atoms with E-state index in [2.05, 4.69) is 20.1 Å². The molecule has 0 aliphatic carbocycles. The number of morpholine rings is 1. The van der Waals surface area contributed by atoms with Gasteiger partial charge in [-0.2, -0.15) is 5.10 Å². The van der Waals surface area contributed by atoms with Crippen molar-refractivity contribution in [1.29, 1.82) is 0 Å². The van der Waals surface area contributed by atoms with Crippen LogP contribution in [0.25, 0.3) is 10.7 Å². The Morgan fingerprint density at radius 2 is 2.35 bits per heavy atom. The minimum atomic E-state index is -0.0165. The number of thiophene rings is 1. The zero-order valence-electron chi connectivity index (χ0n) is 12.9. The number of rotatable bonds is 4. The molecule has 1 aliphatic heterocycles. The van der Waals surface area contributed by atoms with E-state index in [0.29, 0.717) is 6.61 Å². The smallest absolute Gasteiger partial charge is 0.191 e. The van der Waals surface area contributed by atoms with Crippen LogP contribution >= 0.6 is 11.3 Å². The van der Waals surface area contributed by atoms with E-state index >= 15 is 0 Å². The Hall–Kier alpha value is -1.96. The van der Waals surface area contributed by atoms with E-state index in [1.54, 1.807) is 11.3 Å². The summed E-state index contributed by atoms with van der Waals surface area (Å²) in [5, 5.41) is 9.37. The van der Waals surface area contributed by atoms with Gasteiger partial charge >= 0.3 is 0 Å². The van der Waals surface area contributed by atoms with Gasteiger partial charge in [0.25, 0.3) is 0 Å². The molecule has 6 nitrogen and oxygen atoms in total. The van der Waals surface area contributed by atoms with Crippen LogP contribution in [0.15, 0.2) is 34.1 Å². The van der Waals surface area contributed by atoms with Crippen LogP contribution in [0.4, 0.5) is 0 Å². The first kappa shape index (κ1) is 14.6. The second-order valence-corrected chi connectivity index (χ2v) is 6.57. The number of ether oxygens (including phenoxy) is 1. The lowest BCUT2D eigenvalue weighted by Crippen LogP contribution is -2.37.